The summed E-state index contributed by atoms with van der Waals surface area (Å²) in [5.41, 5.74) is 0. The summed E-state index contributed by atoms with van der Waals surface area (Å²) in [6.45, 7) is 1.73. The van der Waals surface area contributed by atoms with Crippen molar-refractivity contribution < 1.29 is 17.5 Å². The van der Waals surface area contributed by atoms with E-state index in [1.54, 1.807) is 6.92 Å². The van der Waals surface area contributed by atoms with E-state index in [0.29, 0.717) is 4.47 Å². The fourth-order valence-corrected chi connectivity index (χ4v) is 2.25. The van der Waals surface area contributed by atoms with Gasteiger partial charge in [-0.25, -0.2) is 17.9 Å². The summed E-state index contributed by atoms with van der Waals surface area (Å²) in [5, 5.41) is 4.85. The molecule has 0 atom stereocenters. The number of benzene rings is 1. The van der Waals surface area contributed by atoms with Gasteiger partial charge in [0.2, 0.25) is 10.0 Å². The van der Waals surface area contributed by atoms with E-state index >= 15 is 0 Å². The Morgan fingerprint density at radius 3 is 2.71 bits per heavy atom. The standard InChI is InChI=1S/C10H9BrFNO3S/c1-2-3-4-16-9-6-8(12)10(5-7(9)11)17(13,14)15/h5-6H,4H2,1H3,(H2,13,14,15). The van der Waals surface area contributed by atoms with Gasteiger partial charge in [-0.15, -0.1) is 5.92 Å². The van der Waals surface area contributed by atoms with E-state index in [2.05, 4.69) is 27.8 Å². The third kappa shape index (κ3) is 3.70. The van der Waals surface area contributed by atoms with Crippen LogP contribution in [0.1, 0.15) is 6.92 Å². The number of nitrogens with two attached hydrogens (primary N) is 1. The van der Waals surface area contributed by atoms with Crippen molar-refractivity contribution in [2.75, 3.05) is 6.61 Å². The van der Waals surface area contributed by atoms with E-state index in [-0.39, 0.29) is 12.4 Å². The molecule has 7 heteroatoms. The third-order valence-corrected chi connectivity index (χ3v) is 3.32. The van der Waals surface area contributed by atoms with Crippen molar-refractivity contribution in [1.29, 1.82) is 0 Å². The number of hydrogen-bond donors (Lipinski definition) is 1. The van der Waals surface area contributed by atoms with Gasteiger partial charge in [0.1, 0.15) is 23.1 Å². The number of hydrogen-bond acceptors (Lipinski definition) is 3. The Kier molecular flexibility index (Phi) is 4.51. The number of sulfonamides is 1. The smallest absolute Gasteiger partial charge is 0.241 e. The molecule has 0 aliphatic carbocycles. The van der Waals surface area contributed by atoms with Crippen molar-refractivity contribution in [2.24, 2.45) is 5.14 Å². The van der Waals surface area contributed by atoms with Crippen LogP contribution in [0.5, 0.6) is 5.75 Å². The normalized spacial score (nSPS) is 10.6. The minimum absolute atomic E-state index is 0.0866. The van der Waals surface area contributed by atoms with Crippen LogP contribution in [0.25, 0.3) is 0 Å². The number of primary sulfonamides is 1. The summed E-state index contributed by atoms with van der Waals surface area (Å²) in [6.07, 6.45) is 0. The molecule has 92 valence electrons. The predicted molar refractivity (Wildman–Crippen MR) is 64.4 cm³/mol. The second-order valence-corrected chi connectivity index (χ2v) is 5.36. The first kappa shape index (κ1) is 14.0. The van der Waals surface area contributed by atoms with Gasteiger partial charge >= 0.3 is 0 Å². The maximum absolute atomic E-state index is 13.4. The van der Waals surface area contributed by atoms with E-state index in [4.69, 9.17) is 9.88 Å². The van der Waals surface area contributed by atoms with Gasteiger partial charge in [0.05, 0.1) is 4.47 Å². The zero-order chi connectivity index (χ0) is 13.1. The van der Waals surface area contributed by atoms with E-state index in [0.717, 1.165) is 12.1 Å². The lowest BCUT2D eigenvalue weighted by Gasteiger charge is -2.07. The summed E-state index contributed by atoms with van der Waals surface area (Å²) in [5.74, 6) is 4.44. The van der Waals surface area contributed by atoms with Crippen molar-refractivity contribution in [2.45, 2.75) is 11.8 Å². The average Bonchev–Trinajstić information content (AvgIpc) is 2.21. The molecule has 0 fully saturated rings. The molecular weight excluding hydrogens is 313 g/mol. The van der Waals surface area contributed by atoms with Crippen molar-refractivity contribution in [3.05, 3.63) is 22.4 Å². The molecule has 0 saturated carbocycles. The Morgan fingerprint density at radius 1 is 1.53 bits per heavy atom. The third-order valence-electron chi connectivity index (χ3n) is 1.77. The van der Waals surface area contributed by atoms with Crippen LogP contribution < -0.4 is 9.88 Å². The van der Waals surface area contributed by atoms with Gasteiger partial charge in [-0.3, -0.25) is 0 Å². The first-order chi connectivity index (χ1) is 7.86. The number of halogens is 2. The highest BCUT2D eigenvalue weighted by molar-refractivity contribution is 9.10. The Hall–Kier alpha value is -1.10. The van der Waals surface area contributed by atoms with Gasteiger partial charge < -0.3 is 4.74 Å². The number of ether oxygens (including phenoxy) is 1. The highest BCUT2D eigenvalue weighted by atomic mass is 79.9. The molecule has 1 rings (SSSR count). The van der Waals surface area contributed by atoms with Gasteiger partial charge in [0.15, 0.2) is 0 Å². The molecule has 0 aromatic heterocycles. The topological polar surface area (TPSA) is 69.4 Å². The number of rotatable bonds is 3. The lowest BCUT2D eigenvalue weighted by molar-refractivity contribution is 0.364. The van der Waals surface area contributed by atoms with Crippen molar-refractivity contribution in [3.8, 4) is 17.6 Å². The molecule has 0 saturated heterocycles. The van der Waals surface area contributed by atoms with Crippen LogP contribution in [-0.4, -0.2) is 15.0 Å². The summed E-state index contributed by atoms with van der Waals surface area (Å²) < 4.78 is 40.9. The maximum Gasteiger partial charge on any atom is 0.241 e. The highest BCUT2D eigenvalue weighted by Gasteiger charge is 2.17. The van der Waals surface area contributed by atoms with Crippen LogP contribution in [0.4, 0.5) is 4.39 Å². The zero-order valence-electron chi connectivity index (χ0n) is 8.83. The molecule has 0 heterocycles. The van der Waals surface area contributed by atoms with E-state index in [9.17, 15) is 12.8 Å². The van der Waals surface area contributed by atoms with E-state index in [1.807, 2.05) is 0 Å². The molecular formula is C10H9BrFNO3S. The summed E-state index contributed by atoms with van der Waals surface area (Å²) in [6, 6.07) is 2.00. The molecule has 0 bridgehead atoms. The van der Waals surface area contributed by atoms with Crippen molar-refractivity contribution >= 4 is 26.0 Å². The monoisotopic (exact) mass is 321 g/mol. The van der Waals surface area contributed by atoms with Crippen LogP contribution in [0.3, 0.4) is 0 Å². The summed E-state index contributed by atoms with van der Waals surface area (Å²) in [4.78, 5) is -0.585. The Labute approximate surface area is 107 Å². The molecule has 17 heavy (non-hydrogen) atoms. The SMILES string of the molecule is CC#CCOc1cc(F)c(S(N)(=O)=O)cc1Br. The average molecular weight is 322 g/mol. The molecule has 0 unspecified atom stereocenters. The molecule has 4 nitrogen and oxygen atoms in total. The largest absolute Gasteiger partial charge is 0.480 e. The van der Waals surface area contributed by atoms with Gasteiger partial charge in [0.25, 0.3) is 0 Å². The van der Waals surface area contributed by atoms with Crippen LogP contribution in [-0.2, 0) is 10.0 Å². The zero-order valence-corrected chi connectivity index (χ0v) is 11.2. The maximum atomic E-state index is 13.4. The van der Waals surface area contributed by atoms with Crippen molar-refractivity contribution in [3.63, 3.8) is 0 Å². The van der Waals surface area contributed by atoms with Crippen LogP contribution in [0.15, 0.2) is 21.5 Å². The molecule has 0 spiro atoms. The first-order valence-electron chi connectivity index (χ1n) is 4.40. The second-order valence-electron chi connectivity index (χ2n) is 2.97. The van der Waals surface area contributed by atoms with Crippen molar-refractivity contribution in [1.82, 2.24) is 0 Å². The lowest BCUT2D eigenvalue weighted by atomic mass is 10.3. The Balaban J connectivity index is 3.13. The predicted octanol–water partition coefficient (Wildman–Crippen LogP) is 1.64. The minimum atomic E-state index is -4.09. The molecule has 1 aromatic rings. The molecule has 0 aliphatic rings. The Morgan fingerprint density at radius 2 is 2.18 bits per heavy atom. The van der Waals surface area contributed by atoms with E-state index < -0.39 is 20.7 Å². The lowest BCUT2D eigenvalue weighted by Crippen LogP contribution is -2.14. The second kappa shape index (κ2) is 5.49. The van der Waals surface area contributed by atoms with Gasteiger partial charge in [-0.2, -0.15) is 0 Å². The fourth-order valence-electron chi connectivity index (χ4n) is 1.02. The molecule has 0 radical (unpaired) electrons. The molecule has 0 amide bonds. The Bertz CT molecular complexity index is 590. The summed E-state index contributed by atoms with van der Waals surface area (Å²) >= 11 is 3.07. The van der Waals surface area contributed by atoms with Gasteiger partial charge in [-0.05, 0) is 28.9 Å². The van der Waals surface area contributed by atoms with Crippen LogP contribution in [0.2, 0.25) is 0 Å². The molecule has 1 aromatic carbocycles. The van der Waals surface area contributed by atoms with Crippen LogP contribution >= 0.6 is 15.9 Å². The highest BCUT2D eigenvalue weighted by Crippen LogP contribution is 2.29. The van der Waals surface area contributed by atoms with Gasteiger partial charge in [0, 0.05) is 6.07 Å². The summed E-state index contributed by atoms with van der Waals surface area (Å²) in [7, 11) is -4.09. The molecule has 0 aliphatic heterocycles. The van der Waals surface area contributed by atoms with Crippen LogP contribution in [0, 0.1) is 17.7 Å². The van der Waals surface area contributed by atoms with Gasteiger partial charge in [-0.1, -0.05) is 5.92 Å². The minimum Gasteiger partial charge on any atom is -0.480 e. The van der Waals surface area contributed by atoms with E-state index in [1.165, 1.54) is 0 Å². The first-order valence-corrected chi connectivity index (χ1v) is 6.74. The quantitative estimate of drug-likeness (QED) is 0.860. The molecule has 2 N–H and O–H groups in total. The fraction of sp³-hybridized carbons (Fsp3) is 0.200.